The van der Waals surface area contributed by atoms with Crippen LogP contribution in [0.2, 0.25) is 19.6 Å². The minimum Gasteiger partial charge on any atom is -0.353 e. The lowest BCUT2D eigenvalue weighted by Gasteiger charge is -2.13. The van der Waals surface area contributed by atoms with Crippen molar-refractivity contribution in [3.63, 3.8) is 0 Å². The minimum atomic E-state index is -1.30. The zero-order valence-corrected chi connectivity index (χ0v) is 8.10. The van der Waals surface area contributed by atoms with Crippen LogP contribution in [0.5, 0.6) is 0 Å². The van der Waals surface area contributed by atoms with Gasteiger partial charge in [-0.25, -0.2) is 0 Å². The van der Waals surface area contributed by atoms with E-state index >= 15 is 0 Å². The van der Waals surface area contributed by atoms with Gasteiger partial charge in [-0.1, -0.05) is 19.6 Å². The van der Waals surface area contributed by atoms with E-state index in [0.29, 0.717) is 0 Å². The summed E-state index contributed by atoms with van der Waals surface area (Å²) in [5.41, 5.74) is 0.740. The molecule has 58 valence electrons. The van der Waals surface area contributed by atoms with Gasteiger partial charge in [-0.05, 0) is 11.3 Å². The number of aromatic amines is 1. The molecule has 3 heteroatoms. The predicted molar refractivity (Wildman–Crippen MR) is 48.5 cm³/mol. The molecule has 0 saturated carbocycles. The number of aromatic nitrogens is 1. The molecule has 1 rings (SSSR count). The largest absolute Gasteiger partial charge is 0.353 e. The Kier molecular flexibility index (Phi) is 1.88. The third-order valence-corrected chi connectivity index (χ3v) is 3.70. The molecule has 0 unspecified atom stereocenters. The first kappa shape index (κ1) is 8.09. The molecule has 0 aliphatic heterocycles. The maximum Gasteiger partial charge on any atom is 0.117 e. The van der Waals surface area contributed by atoms with Crippen LogP contribution in [0.25, 0.3) is 0 Å². The molecular weight excluding hydrogens is 152 g/mol. The van der Waals surface area contributed by atoms with Crippen LogP contribution in [0.3, 0.4) is 0 Å². The van der Waals surface area contributed by atoms with E-state index in [9.17, 15) is 0 Å². The summed E-state index contributed by atoms with van der Waals surface area (Å²) in [6.07, 6.45) is 1.84. The summed E-state index contributed by atoms with van der Waals surface area (Å²) >= 11 is 0. The van der Waals surface area contributed by atoms with Crippen LogP contribution in [0.4, 0.5) is 0 Å². The number of nitrogens with one attached hydrogen (secondary N) is 1. The molecule has 0 amide bonds. The Morgan fingerprint density at radius 1 is 1.45 bits per heavy atom. The second kappa shape index (κ2) is 2.55. The van der Waals surface area contributed by atoms with Crippen molar-refractivity contribution in [2.75, 3.05) is 0 Å². The summed E-state index contributed by atoms with van der Waals surface area (Å²) in [5.74, 6) is 0. The molecular formula is C8H12N2Si. The van der Waals surface area contributed by atoms with Crippen molar-refractivity contribution in [1.82, 2.24) is 4.98 Å². The fraction of sp³-hybridized carbons (Fsp3) is 0.375. The van der Waals surface area contributed by atoms with Gasteiger partial charge in [-0.2, -0.15) is 5.26 Å². The van der Waals surface area contributed by atoms with Crippen LogP contribution in [-0.2, 0) is 0 Å². The highest BCUT2D eigenvalue weighted by atomic mass is 28.3. The van der Waals surface area contributed by atoms with Crippen molar-refractivity contribution in [3.05, 3.63) is 18.0 Å². The summed E-state index contributed by atoms with van der Waals surface area (Å²) in [7, 11) is -1.30. The number of hydrogen-bond donors (Lipinski definition) is 1. The molecule has 0 radical (unpaired) electrons. The monoisotopic (exact) mass is 164 g/mol. The fourth-order valence-corrected chi connectivity index (χ4v) is 2.55. The molecule has 0 fully saturated rings. The zero-order chi connectivity index (χ0) is 8.48. The van der Waals surface area contributed by atoms with Gasteiger partial charge in [0, 0.05) is 6.20 Å². The summed E-state index contributed by atoms with van der Waals surface area (Å²) in [6.45, 7) is 6.70. The molecule has 0 saturated heterocycles. The Morgan fingerprint density at radius 2 is 2.09 bits per heavy atom. The van der Waals surface area contributed by atoms with E-state index < -0.39 is 8.07 Å². The fourth-order valence-electron chi connectivity index (χ4n) is 1.09. The Hall–Kier alpha value is -1.01. The van der Waals surface area contributed by atoms with Gasteiger partial charge in [0.1, 0.15) is 11.8 Å². The molecule has 0 bridgehead atoms. The van der Waals surface area contributed by atoms with Crippen molar-refractivity contribution in [2.24, 2.45) is 0 Å². The highest BCUT2D eigenvalue weighted by Crippen LogP contribution is 2.04. The average molecular weight is 164 g/mol. The molecule has 0 spiro atoms. The van der Waals surface area contributed by atoms with Crippen LogP contribution in [0, 0.1) is 11.3 Å². The quantitative estimate of drug-likeness (QED) is 0.627. The summed E-state index contributed by atoms with van der Waals surface area (Å²) in [6, 6.07) is 4.18. The lowest BCUT2D eigenvalue weighted by atomic mass is 10.5. The highest BCUT2D eigenvalue weighted by molar-refractivity contribution is 6.89. The van der Waals surface area contributed by atoms with Crippen LogP contribution >= 0.6 is 0 Å². The minimum absolute atomic E-state index is 0.740. The summed E-state index contributed by atoms with van der Waals surface area (Å²) in [5, 5.41) is 9.93. The highest BCUT2D eigenvalue weighted by Gasteiger charge is 2.20. The Bertz CT molecular complexity index is 288. The van der Waals surface area contributed by atoms with Crippen molar-refractivity contribution < 1.29 is 0 Å². The van der Waals surface area contributed by atoms with Gasteiger partial charge in [0.25, 0.3) is 0 Å². The van der Waals surface area contributed by atoms with E-state index in [1.165, 1.54) is 5.19 Å². The Balaban J connectivity index is 3.15. The molecule has 0 aliphatic carbocycles. The number of nitrogens with zero attached hydrogens (tertiary/aromatic N) is 1. The number of nitriles is 1. The molecule has 0 atom stereocenters. The van der Waals surface area contributed by atoms with Gasteiger partial charge < -0.3 is 4.98 Å². The first-order valence-electron chi connectivity index (χ1n) is 3.63. The zero-order valence-electron chi connectivity index (χ0n) is 7.10. The Labute approximate surface area is 67.9 Å². The van der Waals surface area contributed by atoms with Gasteiger partial charge in [0.15, 0.2) is 0 Å². The predicted octanol–water partition coefficient (Wildman–Crippen LogP) is 1.43. The smallest absolute Gasteiger partial charge is 0.117 e. The Morgan fingerprint density at radius 3 is 2.45 bits per heavy atom. The van der Waals surface area contributed by atoms with Crippen molar-refractivity contribution >= 4 is 13.3 Å². The van der Waals surface area contributed by atoms with Gasteiger partial charge in [0.05, 0.1) is 8.07 Å². The second-order valence-corrected chi connectivity index (χ2v) is 8.67. The van der Waals surface area contributed by atoms with Gasteiger partial charge >= 0.3 is 0 Å². The first-order chi connectivity index (χ1) is 5.05. The van der Waals surface area contributed by atoms with E-state index in [0.717, 1.165) is 5.69 Å². The number of hydrogen-bond acceptors (Lipinski definition) is 1. The van der Waals surface area contributed by atoms with Crippen molar-refractivity contribution in [3.8, 4) is 6.07 Å². The number of rotatable bonds is 1. The van der Waals surface area contributed by atoms with E-state index in [1.807, 2.05) is 12.3 Å². The van der Waals surface area contributed by atoms with Gasteiger partial charge in [-0.3, -0.25) is 0 Å². The molecule has 1 heterocycles. The molecule has 2 nitrogen and oxygen atoms in total. The van der Waals surface area contributed by atoms with Crippen LogP contribution in [-0.4, -0.2) is 13.1 Å². The van der Waals surface area contributed by atoms with Gasteiger partial charge in [-0.15, -0.1) is 0 Å². The number of H-pyrrole nitrogens is 1. The molecule has 11 heavy (non-hydrogen) atoms. The van der Waals surface area contributed by atoms with Crippen molar-refractivity contribution in [2.45, 2.75) is 19.6 Å². The molecule has 1 aromatic rings. The van der Waals surface area contributed by atoms with E-state index in [1.54, 1.807) is 0 Å². The molecule has 0 aliphatic rings. The summed E-state index contributed by atoms with van der Waals surface area (Å²) in [4.78, 5) is 2.94. The average Bonchev–Trinajstić information content (AvgIpc) is 2.31. The standard InChI is InChI=1S/C8H12N2Si/c1-11(2,3)8-4-5-10-7(8)6-9/h4-5,10H,1-3H3. The SMILES string of the molecule is C[Si](C)(C)c1cc[nH]c1C#N. The van der Waals surface area contributed by atoms with E-state index in [-0.39, 0.29) is 0 Å². The maximum absolute atomic E-state index is 8.71. The topological polar surface area (TPSA) is 39.6 Å². The van der Waals surface area contributed by atoms with Crippen LogP contribution in [0.1, 0.15) is 5.69 Å². The lowest BCUT2D eigenvalue weighted by molar-refractivity contribution is 1.34. The summed E-state index contributed by atoms with van der Waals surface area (Å²) < 4.78 is 0. The van der Waals surface area contributed by atoms with Crippen molar-refractivity contribution in [1.29, 1.82) is 5.26 Å². The van der Waals surface area contributed by atoms with E-state index in [2.05, 4.69) is 30.7 Å². The van der Waals surface area contributed by atoms with Crippen LogP contribution in [0.15, 0.2) is 12.3 Å². The second-order valence-electron chi connectivity index (χ2n) is 3.63. The third-order valence-electron chi connectivity index (χ3n) is 1.67. The van der Waals surface area contributed by atoms with Crippen LogP contribution < -0.4 is 5.19 Å². The lowest BCUT2D eigenvalue weighted by Crippen LogP contribution is -2.38. The van der Waals surface area contributed by atoms with Gasteiger partial charge in [0.2, 0.25) is 0 Å². The molecule has 1 N–H and O–H groups in total. The molecule has 0 aromatic carbocycles. The first-order valence-corrected chi connectivity index (χ1v) is 7.13. The normalized spacial score (nSPS) is 11.1. The molecule has 1 aromatic heterocycles. The van der Waals surface area contributed by atoms with E-state index in [4.69, 9.17) is 5.26 Å². The third kappa shape index (κ3) is 1.52. The maximum atomic E-state index is 8.71.